The molecule has 0 radical (unpaired) electrons. The van der Waals surface area contributed by atoms with Crippen LogP contribution >= 0.6 is 0 Å². The zero-order valence-electron chi connectivity index (χ0n) is 27.6. The molecule has 0 bridgehead atoms. The largest absolute Gasteiger partial charge is 0.468 e. The number of hydrazine groups is 1. The zero-order valence-corrected chi connectivity index (χ0v) is 27.6. The second-order valence-electron chi connectivity index (χ2n) is 12.5. The lowest BCUT2D eigenvalue weighted by Crippen LogP contribution is -2.56. The van der Waals surface area contributed by atoms with Crippen LogP contribution in [0.3, 0.4) is 0 Å². The highest BCUT2D eigenvalue weighted by Crippen LogP contribution is 2.09. The van der Waals surface area contributed by atoms with Crippen LogP contribution in [0.4, 0.5) is 9.59 Å². The number of alkyl carbamates (subject to hydrolysis) is 2. The van der Waals surface area contributed by atoms with E-state index in [0.717, 1.165) is 19.3 Å². The number of esters is 1. The van der Waals surface area contributed by atoms with Gasteiger partial charge in [-0.05, 0) is 86.5 Å². The van der Waals surface area contributed by atoms with Gasteiger partial charge >= 0.3 is 18.2 Å². The Balaban J connectivity index is 5.04. The van der Waals surface area contributed by atoms with Crippen molar-refractivity contribution in [2.75, 3.05) is 20.2 Å². The first-order valence-electron chi connectivity index (χ1n) is 15.4. The van der Waals surface area contributed by atoms with Crippen LogP contribution in [0, 0.1) is 0 Å². The molecular weight excluding hydrogens is 558 g/mol. The lowest BCUT2D eigenvalue weighted by Gasteiger charge is -2.24. The van der Waals surface area contributed by atoms with Gasteiger partial charge in [0.2, 0.25) is 5.91 Å². The molecule has 43 heavy (non-hydrogen) atoms. The van der Waals surface area contributed by atoms with Crippen molar-refractivity contribution in [2.24, 2.45) is 0 Å². The van der Waals surface area contributed by atoms with Crippen molar-refractivity contribution in [1.82, 2.24) is 26.8 Å². The number of carbonyl (C=O) groups excluding carboxylic acids is 5. The van der Waals surface area contributed by atoms with E-state index in [1.54, 1.807) is 41.5 Å². The van der Waals surface area contributed by atoms with Gasteiger partial charge in [-0.15, -0.1) is 0 Å². The average Bonchev–Trinajstić information content (AvgIpc) is 2.89. The van der Waals surface area contributed by atoms with Crippen molar-refractivity contribution >= 4 is 30.3 Å². The van der Waals surface area contributed by atoms with Gasteiger partial charge in [-0.25, -0.2) is 20.4 Å². The van der Waals surface area contributed by atoms with Crippen LogP contribution < -0.4 is 26.8 Å². The number of hydrogen-bond acceptors (Lipinski definition) is 10. The number of carbonyl (C=O) groups is 5. The summed E-state index contributed by atoms with van der Waals surface area (Å²) in [6.07, 6.45) is 6.11. The fraction of sp³-hybridized carbons (Fsp3) is 0.833. The Morgan fingerprint density at radius 2 is 1.16 bits per heavy atom. The summed E-state index contributed by atoms with van der Waals surface area (Å²) in [7, 11) is 1.32. The third-order valence-corrected chi connectivity index (χ3v) is 6.02. The van der Waals surface area contributed by atoms with Gasteiger partial charge in [-0.2, -0.15) is 0 Å². The van der Waals surface area contributed by atoms with E-state index in [-0.39, 0.29) is 0 Å². The van der Waals surface area contributed by atoms with E-state index in [0.29, 0.717) is 64.3 Å². The van der Waals surface area contributed by atoms with E-state index >= 15 is 0 Å². The van der Waals surface area contributed by atoms with Crippen molar-refractivity contribution in [2.45, 2.75) is 142 Å². The average molecular weight is 616 g/mol. The van der Waals surface area contributed by atoms with Gasteiger partial charge in [0.25, 0.3) is 0 Å². The Hall–Kier alpha value is -2.93. The molecule has 3 atom stereocenters. The number of hydrogen-bond donors (Lipinski definition) is 5. The van der Waals surface area contributed by atoms with Gasteiger partial charge in [0.05, 0.1) is 19.2 Å². The molecule has 0 aromatic heterocycles. The maximum absolute atomic E-state index is 13.2. The topological polar surface area (TPSA) is 173 Å². The number of rotatable bonds is 21. The van der Waals surface area contributed by atoms with E-state index in [9.17, 15) is 24.0 Å². The second kappa shape index (κ2) is 21.7. The molecule has 0 spiro atoms. The monoisotopic (exact) mass is 615 g/mol. The third-order valence-electron chi connectivity index (χ3n) is 6.02. The Morgan fingerprint density at radius 3 is 1.63 bits per heavy atom. The summed E-state index contributed by atoms with van der Waals surface area (Å²) < 4.78 is 15.4. The number of unbranched alkanes of at least 4 members (excludes halogenated alkanes) is 4. The molecule has 13 heteroatoms. The first-order valence-corrected chi connectivity index (χ1v) is 15.4. The maximum atomic E-state index is 13.2. The highest BCUT2D eigenvalue weighted by molar-refractivity contribution is 5.84. The summed E-state index contributed by atoms with van der Waals surface area (Å²) in [6, 6.07) is -2.11. The minimum absolute atomic E-state index is 0.368. The summed E-state index contributed by atoms with van der Waals surface area (Å²) in [4.78, 5) is 60.9. The van der Waals surface area contributed by atoms with Gasteiger partial charge in [-0.3, -0.25) is 9.59 Å². The fourth-order valence-corrected chi connectivity index (χ4v) is 3.89. The second-order valence-corrected chi connectivity index (χ2v) is 12.5. The van der Waals surface area contributed by atoms with Crippen molar-refractivity contribution in [1.29, 1.82) is 0 Å². The Labute approximate surface area is 257 Å². The number of amides is 3. The first kappa shape index (κ1) is 40.1. The highest BCUT2D eigenvalue weighted by Gasteiger charge is 2.25. The molecule has 13 nitrogen and oxygen atoms in total. The lowest BCUT2D eigenvalue weighted by molar-refractivity contribution is -0.144. The van der Waals surface area contributed by atoms with Gasteiger partial charge < -0.3 is 35.0 Å². The minimum Gasteiger partial charge on any atom is -0.468 e. The maximum Gasteiger partial charge on any atom is 0.407 e. The molecule has 5 N–H and O–H groups in total. The van der Waals surface area contributed by atoms with Crippen LogP contribution in [-0.4, -0.2) is 79.9 Å². The van der Waals surface area contributed by atoms with Crippen molar-refractivity contribution in [3.63, 3.8) is 0 Å². The van der Waals surface area contributed by atoms with Crippen LogP contribution in [0.1, 0.15) is 113 Å². The van der Waals surface area contributed by atoms with Crippen molar-refractivity contribution in [3.05, 3.63) is 0 Å². The molecule has 0 aliphatic carbocycles. The number of ether oxygens (including phenoxy) is 3. The first-order chi connectivity index (χ1) is 20.1. The Morgan fingerprint density at radius 1 is 0.698 bits per heavy atom. The van der Waals surface area contributed by atoms with Crippen LogP contribution in [0.5, 0.6) is 0 Å². The summed E-state index contributed by atoms with van der Waals surface area (Å²) in [5, 5.41) is 8.14. The number of methoxy groups -OCH3 is 1. The molecule has 0 aromatic carbocycles. The summed E-state index contributed by atoms with van der Waals surface area (Å²) in [5.41, 5.74) is 4.75. The molecule has 0 aromatic rings. The minimum atomic E-state index is -0.754. The quantitative estimate of drug-likeness (QED) is 0.0422. The standard InChI is InChI=1S/C30H57N5O8/c1-9-10-11-18-24(26(38)41-8)35-34-23(17-13-15-20-32-28(40)43-30(5,6)7)25(37)33-22(21-36)16-12-14-19-31-27(39)42-29(2,3)4/h21-24,34-35H,9-20H2,1-8H3,(H,31,39)(H,32,40)(H,33,37). The van der Waals surface area contributed by atoms with E-state index in [2.05, 4.69) is 33.7 Å². The molecule has 3 unspecified atom stereocenters. The highest BCUT2D eigenvalue weighted by atomic mass is 16.6. The number of nitrogens with one attached hydrogen (secondary N) is 5. The van der Waals surface area contributed by atoms with Crippen LogP contribution in [0.15, 0.2) is 0 Å². The normalized spacial score (nSPS) is 13.7. The molecule has 250 valence electrons. The Bertz CT molecular complexity index is 841. The molecule has 0 rings (SSSR count). The summed E-state index contributed by atoms with van der Waals surface area (Å²) in [5.74, 6) is -0.830. The Kier molecular flexibility index (Phi) is 20.2. The SMILES string of the molecule is CCCCCC(NNC(CCCCNC(=O)OC(C)(C)C)C(=O)NC(C=O)CCCCNC(=O)OC(C)(C)C)C(=O)OC. The van der Waals surface area contributed by atoms with Crippen LogP contribution in [-0.2, 0) is 28.6 Å². The molecule has 3 amide bonds. The van der Waals surface area contributed by atoms with E-state index in [4.69, 9.17) is 14.2 Å². The van der Waals surface area contributed by atoms with Crippen LogP contribution in [0.25, 0.3) is 0 Å². The fourth-order valence-electron chi connectivity index (χ4n) is 3.89. The van der Waals surface area contributed by atoms with E-state index in [1.807, 2.05) is 0 Å². The number of aldehydes is 1. The van der Waals surface area contributed by atoms with Gasteiger partial charge in [-0.1, -0.05) is 26.2 Å². The third kappa shape index (κ3) is 22.3. The molecular formula is C30H57N5O8. The predicted octanol–water partition coefficient (Wildman–Crippen LogP) is 3.64. The summed E-state index contributed by atoms with van der Waals surface area (Å²) >= 11 is 0. The van der Waals surface area contributed by atoms with Gasteiger partial charge in [0.1, 0.15) is 23.5 Å². The van der Waals surface area contributed by atoms with E-state index < -0.39 is 53.4 Å². The smallest absolute Gasteiger partial charge is 0.407 e. The molecule has 0 heterocycles. The molecule has 0 saturated carbocycles. The molecule has 0 fully saturated rings. The zero-order chi connectivity index (χ0) is 32.9. The van der Waals surface area contributed by atoms with E-state index in [1.165, 1.54) is 7.11 Å². The predicted molar refractivity (Wildman–Crippen MR) is 164 cm³/mol. The molecule has 0 saturated heterocycles. The van der Waals surface area contributed by atoms with Crippen LogP contribution in [0.2, 0.25) is 0 Å². The van der Waals surface area contributed by atoms with Crippen molar-refractivity contribution in [3.8, 4) is 0 Å². The molecule has 0 aliphatic rings. The molecule has 0 aliphatic heterocycles. The van der Waals surface area contributed by atoms with Crippen molar-refractivity contribution < 1.29 is 38.2 Å². The summed E-state index contributed by atoms with van der Waals surface area (Å²) in [6.45, 7) is 13.5. The van der Waals surface area contributed by atoms with Gasteiger partial charge in [0, 0.05) is 13.1 Å². The lowest BCUT2D eigenvalue weighted by atomic mass is 10.1. The van der Waals surface area contributed by atoms with Gasteiger partial charge in [0.15, 0.2) is 0 Å².